The Bertz CT molecular complexity index is 617. The van der Waals surface area contributed by atoms with Gasteiger partial charge in [0.05, 0.1) is 12.2 Å². The Hall–Kier alpha value is -1.85. The number of nitrogens with zero attached hydrogens (tertiary/aromatic N) is 3. The summed E-state index contributed by atoms with van der Waals surface area (Å²) in [6, 6.07) is -0.0528. The predicted octanol–water partition coefficient (Wildman–Crippen LogP) is 2.66. The lowest BCUT2D eigenvalue weighted by atomic mass is 9.93. The van der Waals surface area contributed by atoms with E-state index in [4.69, 9.17) is 0 Å². The van der Waals surface area contributed by atoms with Crippen LogP contribution in [-0.4, -0.2) is 38.6 Å². The Morgan fingerprint density at radius 1 is 1.44 bits per heavy atom. The van der Waals surface area contributed by atoms with Crippen molar-refractivity contribution >= 4 is 11.8 Å². The third kappa shape index (κ3) is 4.41. The highest BCUT2D eigenvalue weighted by Crippen LogP contribution is 2.42. The fraction of sp³-hybridized carbons (Fsp3) is 0.737. The number of rotatable bonds is 6. The molecule has 140 valence electrons. The largest absolute Gasteiger partial charge is 0.355 e. The maximum atomic E-state index is 12.7. The van der Waals surface area contributed by atoms with Gasteiger partial charge in [-0.3, -0.25) is 14.3 Å². The van der Waals surface area contributed by atoms with E-state index in [1.54, 1.807) is 4.68 Å². The molecule has 0 aromatic carbocycles. The van der Waals surface area contributed by atoms with E-state index in [1.807, 2.05) is 31.3 Å². The van der Waals surface area contributed by atoms with E-state index in [1.165, 1.54) is 0 Å². The smallest absolute Gasteiger partial charge is 0.223 e. The van der Waals surface area contributed by atoms with Crippen molar-refractivity contribution in [3.8, 4) is 0 Å². The van der Waals surface area contributed by atoms with Crippen LogP contribution in [0.1, 0.15) is 65.5 Å². The molecule has 6 nitrogen and oxygen atoms in total. The SMILES string of the molecule is CCC[C@@H](C)C(=O)NC[C@@H]1CC(=O)N(C(C)(C)C)[C@H]1c1cnn(C)c1. The first-order valence-electron chi connectivity index (χ1n) is 9.23. The molecule has 0 saturated carbocycles. The van der Waals surface area contributed by atoms with Crippen molar-refractivity contribution in [3.63, 3.8) is 0 Å². The second kappa shape index (κ2) is 7.58. The minimum absolute atomic E-state index is 0.0117. The molecule has 0 bridgehead atoms. The van der Waals surface area contributed by atoms with Gasteiger partial charge in [0, 0.05) is 49.1 Å². The summed E-state index contributed by atoms with van der Waals surface area (Å²) in [5, 5.41) is 7.34. The van der Waals surface area contributed by atoms with Crippen molar-refractivity contribution in [2.45, 2.75) is 65.5 Å². The lowest BCUT2D eigenvalue weighted by molar-refractivity contribution is -0.133. The van der Waals surface area contributed by atoms with Crippen LogP contribution in [0.15, 0.2) is 12.4 Å². The van der Waals surface area contributed by atoms with E-state index in [2.05, 4.69) is 38.1 Å². The van der Waals surface area contributed by atoms with Crippen LogP contribution in [0.25, 0.3) is 0 Å². The molecular formula is C19H32N4O2. The molecule has 25 heavy (non-hydrogen) atoms. The van der Waals surface area contributed by atoms with Crippen molar-refractivity contribution in [2.24, 2.45) is 18.9 Å². The molecule has 2 heterocycles. The molecule has 1 aromatic rings. The fourth-order valence-electron chi connectivity index (χ4n) is 3.76. The van der Waals surface area contributed by atoms with Gasteiger partial charge in [-0.1, -0.05) is 20.3 Å². The third-order valence-electron chi connectivity index (χ3n) is 4.93. The van der Waals surface area contributed by atoms with Crippen LogP contribution in [0.2, 0.25) is 0 Å². The first-order valence-corrected chi connectivity index (χ1v) is 9.23. The minimum atomic E-state index is -0.272. The first kappa shape index (κ1) is 19.5. The number of carbonyl (C=O) groups excluding carboxylic acids is 2. The van der Waals surface area contributed by atoms with E-state index in [9.17, 15) is 9.59 Å². The summed E-state index contributed by atoms with van der Waals surface area (Å²) in [7, 11) is 1.88. The summed E-state index contributed by atoms with van der Waals surface area (Å²) in [5.74, 6) is 0.294. The molecule has 3 atom stereocenters. The van der Waals surface area contributed by atoms with Crippen molar-refractivity contribution in [1.29, 1.82) is 0 Å². The van der Waals surface area contributed by atoms with Crippen molar-refractivity contribution in [1.82, 2.24) is 20.0 Å². The third-order valence-corrected chi connectivity index (χ3v) is 4.93. The molecular weight excluding hydrogens is 316 g/mol. The molecule has 0 unspecified atom stereocenters. The Kier molecular flexibility index (Phi) is 5.91. The van der Waals surface area contributed by atoms with E-state index in [0.29, 0.717) is 13.0 Å². The molecule has 1 aromatic heterocycles. The summed E-state index contributed by atoms with van der Waals surface area (Å²) in [6.07, 6.45) is 6.13. The maximum absolute atomic E-state index is 12.7. The van der Waals surface area contributed by atoms with Crippen LogP contribution in [0, 0.1) is 11.8 Å². The monoisotopic (exact) mass is 348 g/mol. The summed E-state index contributed by atoms with van der Waals surface area (Å²) < 4.78 is 1.76. The van der Waals surface area contributed by atoms with Gasteiger partial charge in [0.1, 0.15) is 0 Å². The molecule has 6 heteroatoms. The second-order valence-corrected chi connectivity index (χ2v) is 8.23. The lowest BCUT2D eigenvalue weighted by Crippen LogP contribution is -2.45. The van der Waals surface area contributed by atoms with E-state index in [-0.39, 0.29) is 35.2 Å². The molecule has 0 radical (unpaired) electrons. The molecule has 1 aliphatic rings. The second-order valence-electron chi connectivity index (χ2n) is 8.23. The van der Waals surface area contributed by atoms with Crippen molar-refractivity contribution in [2.75, 3.05) is 6.54 Å². The molecule has 2 rings (SSSR count). The zero-order chi connectivity index (χ0) is 18.8. The van der Waals surface area contributed by atoms with Gasteiger partial charge in [0.2, 0.25) is 11.8 Å². The van der Waals surface area contributed by atoms with Crippen molar-refractivity contribution < 1.29 is 9.59 Å². The van der Waals surface area contributed by atoms with Crippen LogP contribution < -0.4 is 5.32 Å². The highest BCUT2D eigenvalue weighted by molar-refractivity contribution is 5.81. The van der Waals surface area contributed by atoms with Crippen LogP contribution in [0.4, 0.5) is 0 Å². The normalized spacial score (nSPS) is 22.3. The zero-order valence-corrected chi connectivity index (χ0v) is 16.4. The lowest BCUT2D eigenvalue weighted by Gasteiger charge is -2.38. The average Bonchev–Trinajstić information content (AvgIpc) is 3.07. The number of nitrogens with one attached hydrogen (secondary N) is 1. The molecule has 2 amide bonds. The van der Waals surface area contributed by atoms with Gasteiger partial charge < -0.3 is 10.2 Å². The Morgan fingerprint density at radius 2 is 2.12 bits per heavy atom. The summed E-state index contributed by atoms with van der Waals surface area (Å²) in [5.41, 5.74) is 0.760. The minimum Gasteiger partial charge on any atom is -0.355 e. The van der Waals surface area contributed by atoms with E-state index in [0.717, 1.165) is 18.4 Å². The van der Waals surface area contributed by atoms with Gasteiger partial charge >= 0.3 is 0 Å². The number of carbonyl (C=O) groups is 2. The molecule has 1 aliphatic heterocycles. The summed E-state index contributed by atoms with van der Waals surface area (Å²) >= 11 is 0. The van der Waals surface area contributed by atoms with Gasteiger partial charge in [0.25, 0.3) is 0 Å². The first-order chi connectivity index (χ1) is 11.6. The molecule has 1 fully saturated rings. The number of hydrogen-bond acceptors (Lipinski definition) is 3. The molecule has 1 saturated heterocycles. The van der Waals surface area contributed by atoms with Crippen LogP contribution in [-0.2, 0) is 16.6 Å². The standard InChI is InChI=1S/C19H32N4O2/c1-7-8-13(2)18(25)20-10-14-9-16(24)23(19(3,4)5)17(14)15-11-21-22(6)12-15/h11-14,17H,7-10H2,1-6H3,(H,20,25)/t13-,14+,17-/m1/s1. The Balaban J connectivity index is 2.18. The van der Waals surface area contributed by atoms with Gasteiger partial charge in [-0.2, -0.15) is 5.10 Å². The van der Waals surface area contributed by atoms with Gasteiger partial charge in [0.15, 0.2) is 0 Å². The zero-order valence-electron chi connectivity index (χ0n) is 16.4. The van der Waals surface area contributed by atoms with Gasteiger partial charge in [-0.05, 0) is 27.2 Å². The highest BCUT2D eigenvalue weighted by Gasteiger charge is 2.45. The molecule has 1 N–H and O–H groups in total. The highest BCUT2D eigenvalue weighted by atomic mass is 16.2. The van der Waals surface area contributed by atoms with E-state index < -0.39 is 0 Å². The summed E-state index contributed by atoms with van der Waals surface area (Å²) in [4.78, 5) is 26.9. The molecule has 0 spiro atoms. The van der Waals surface area contributed by atoms with Crippen LogP contribution in [0.3, 0.4) is 0 Å². The maximum Gasteiger partial charge on any atom is 0.223 e. The Labute approximate surface area is 151 Å². The Morgan fingerprint density at radius 3 is 2.64 bits per heavy atom. The number of aryl methyl sites for hydroxylation is 1. The van der Waals surface area contributed by atoms with E-state index >= 15 is 0 Å². The predicted molar refractivity (Wildman–Crippen MR) is 97.7 cm³/mol. The molecule has 0 aliphatic carbocycles. The van der Waals surface area contributed by atoms with Gasteiger partial charge in [-0.15, -0.1) is 0 Å². The number of aromatic nitrogens is 2. The number of likely N-dealkylation sites (tertiary alicyclic amines) is 1. The average molecular weight is 348 g/mol. The fourth-order valence-corrected chi connectivity index (χ4v) is 3.76. The number of hydrogen-bond donors (Lipinski definition) is 1. The number of amides is 2. The van der Waals surface area contributed by atoms with Crippen molar-refractivity contribution in [3.05, 3.63) is 18.0 Å². The van der Waals surface area contributed by atoms with Gasteiger partial charge in [-0.25, -0.2) is 0 Å². The topological polar surface area (TPSA) is 67.2 Å². The summed E-state index contributed by atoms with van der Waals surface area (Å²) in [6.45, 7) is 10.7. The van der Waals surface area contributed by atoms with Crippen LogP contribution in [0.5, 0.6) is 0 Å². The van der Waals surface area contributed by atoms with Crippen LogP contribution >= 0.6 is 0 Å². The quantitative estimate of drug-likeness (QED) is 0.859.